The smallest absolute Gasteiger partial charge is 0.408 e. The van der Waals surface area contributed by atoms with Crippen LogP contribution in [0.1, 0.15) is 40.5 Å². The van der Waals surface area contributed by atoms with Gasteiger partial charge in [0.05, 0.1) is 6.04 Å². The number of alkyl carbamates (subject to hydrolysis) is 1. The van der Waals surface area contributed by atoms with Crippen molar-refractivity contribution in [2.45, 2.75) is 58.2 Å². The zero-order valence-electron chi connectivity index (χ0n) is 12.4. The Bertz CT molecular complexity index is 378. The Morgan fingerprint density at radius 3 is 2.65 bits per heavy atom. The number of aldehydes is 1. The molecule has 2 atom stereocenters. The molecule has 0 bridgehead atoms. The predicted octanol–water partition coefficient (Wildman–Crippen LogP) is 0.594. The van der Waals surface area contributed by atoms with E-state index in [9.17, 15) is 14.4 Å². The fourth-order valence-corrected chi connectivity index (χ4v) is 1.85. The molecule has 2 N–H and O–H groups in total. The topological polar surface area (TPSA) is 87.7 Å². The molecule has 0 aromatic carbocycles. The summed E-state index contributed by atoms with van der Waals surface area (Å²) in [6.45, 7) is 7.35. The number of hydrazine groups is 1. The van der Waals surface area contributed by atoms with Crippen LogP contribution in [0.15, 0.2) is 0 Å². The minimum atomic E-state index is -0.720. The minimum Gasteiger partial charge on any atom is -0.444 e. The van der Waals surface area contributed by atoms with E-state index in [1.165, 1.54) is 5.01 Å². The van der Waals surface area contributed by atoms with Crippen LogP contribution in [0.25, 0.3) is 0 Å². The van der Waals surface area contributed by atoms with E-state index in [4.69, 9.17) is 4.74 Å². The van der Waals surface area contributed by atoms with Gasteiger partial charge in [0.2, 0.25) is 0 Å². The molecule has 0 radical (unpaired) electrons. The fourth-order valence-electron chi connectivity index (χ4n) is 1.85. The summed E-state index contributed by atoms with van der Waals surface area (Å²) < 4.78 is 5.09. The van der Waals surface area contributed by atoms with Crippen LogP contribution in [0.2, 0.25) is 0 Å². The van der Waals surface area contributed by atoms with Crippen molar-refractivity contribution >= 4 is 18.3 Å². The van der Waals surface area contributed by atoms with E-state index in [0.29, 0.717) is 13.0 Å². The molecular formula is C13H23N3O4. The van der Waals surface area contributed by atoms with Crippen LogP contribution in [-0.4, -0.2) is 47.5 Å². The maximum absolute atomic E-state index is 12.1. The van der Waals surface area contributed by atoms with E-state index in [1.54, 1.807) is 27.7 Å². The Labute approximate surface area is 119 Å². The van der Waals surface area contributed by atoms with Crippen molar-refractivity contribution in [3.63, 3.8) is 0 Å². The standard InChI is InChI=1S/C13H23N3O4/c1-9(14-12(19)20-13(2,3)4)11(18)16-7-5-6-10(8-17)15-16/h8-10,15H,5-7H2,1-4H3,(H,14,19). The lowest BCUT2D eigenvalue weighted by molar-refractivity contribution is -0.139. The molecule has 1 aliphatic heterocycles. The highest BCUT2D eigenvalue weighted by Gasteiger charge is 2.28. The Hall–Kier alpha value is -1.63. The van der Waals surface area contributed by atoms with Crippen molar-refractivity contribution in [2.24, 2.45) is 0 Å². The van der Waals surface area contributed by atoms with Gasteiger partial charge in [0.1, 0.15) is 17.9 Å². The van der Waals surface area contributed by atoms with Crippen molar-refractivity contribution in [1.29, 1.82) is 0 Å². The van der Waals surface area contributed by atoms with Crippen LogP contribution < -0.4 is 10.7 Å². The first kappa shape index (κ1) is 16.4. The van der Waals surface area contributed by atoms with E-state index >= 15 is 0 Å². The molecule has 1 fully saturated rings. The van der Waals surface area contributed by atoms with Gasteiger partial charge in [0, 0.05) is 6.54 Å². The molecule has 1 saturated heterocycles. The van der Waals surface area contributed by atoms with Gasteiger partial charge >= 0.3 is 6.09 Å². The second-order valence-corrected chi connectivity index (χ2v) is 5.87. The molecule has 114 valence electrons. The van der Waals surface area contributed by atoms with Crippen LogP contribution in [0.3, 0.4) is 0 Å². The molecule has 1 aliphatic rings. The van der Waals surface area contributed by atoms with Gasteiger partial charge in [-0.05, 0) is 40.5 Å². The largest absolute Gasteiger partial charge is 0.444 e. The lowest BCUT2D eigenvalue weighted by atomic mass is 10.1. The van der Waals surface area contributed by atoms with Crippen LogP contribution >= 0.6 is 0 Å². The van der Waals surface area contributed by atoms with Gasteiger partial charge in [-0.15, -0.1) is 0 Å². The SMILES string of the molecule is CC(NC(=O)OC(C)(C)C)C(=O)N1CCCC(C=O)N1. The van der Waals surface area contributed by atoms with Gasteiger partial charge in [0.25, 0.3) is 5.91 Å². The first-order valence-electron chi connectivity index (χ1n) is 6.75. The second kappa shape index (κ2) is 6.69. The highest BCUT2D eigenvalue weighted by molar-refractivity contribution is 5.85. The van der Waals surface area contributed by atoms with Crippen LogP contribution in [0.4, 0.5) is 4.79 Å². The van der Waals surface area contributed by atoms with Gasteiger partial charge < -0.3 is 14.8 Å². The molecule has 2 unspecified atom stereocenters. The zero-order chi connectivity index (χ0) is 15.3. The number of carbonyl (C=O) groups is 3. The number of nitrogens with zero attached hydrogens (tertiary/aromatic N) is 1. The normalized spacial score (nSPS) is 21.0. The number of hydrogen-bond acceptors (Lipinski definition) is 5. The summed E-state index contributed by atoms with van der Waals surface area (Å²) in [4.78, 5) is 34.5. The summed E-state index contributed by atoms with van der Waals surface area (Å²) in [7, 11) is 0. The zero-order valence-corrected chi connectivity index (χ0v) is 12.4. The minimum absolute atomic E-state index is 0.289. The Kier molecular flexibility index (Phi) is 5.50. The number of amides is 2. The summed E-state index contributed by atoms with van der Waals surface area (Å²) in [5, 5.41) is 3.87. The quantitative estimate of drug-likeness (QED) is 0.741. The highest BCUT2D eigenvalue weighted by Crippen LogP contribution is 2.09. The number of carbonyl (C=O) groups excluding carboxylic acids is 3. The van der Waals surface area contributed by atoms with Crippen molar-refractivity contribution in [3.05, 3.63) is 0 Å². The molecule has 7 nitrogen and oxygen atoms in total. The van der Waals surface area contributed by atoms with E-state index in [1.807, 2.05) is 0 Å². The van der Waals surface area contributed by atoms with Gasteiger partial charge in [-0.1, -0.05) is 0 Å². The molecule has 7 heteroatoms. The Morgan fingerprint density at radius 2 is 2.10 bits per heavy atom. The van der Waals surface area contributed by atoms with E-state index < -0.39 is 17.7 Å². The van der Waals surface area contributed by atoms with Gasteiger partial charge in [-0.3, -0.25) is 9.80 Å². The van der Waals surface area contributed by atoms with Crippen LogP contribution in [0, 0.1) is 0 Å². The molecule has 0 spiro atoms. The van der Waals surface area contributed by atoms with Crippen LogP contribution in [-0.2, 0) is 14.3 Å². The van der Waals surface area contributed by atoms with E-state index in [2.05, 4.69) is 10.7 Å². The maximum Gasteiger partial charge on any atom is 0.408 e. The summed E-state index contributed by atoms with van der Waals surface area (Å²) >= 11 is 0. The first-order chi connectivity index (χ1) is 9.23. The summed E-state index contributed by atoms with van der Waals surface area (Å²) in [5.41, 5.74) is 2.22. The predicted molar refractivity (Wildman–Crippen MR) is 72.8 cm³/mol. The van der Waals surface area contributed by atoms with Crippen molar-refractivity contribution in [3.8, 4) is 0 Å². The molecule has 1 heterocycles. The summed E-state index contributed by atoms with van der Waals surface area (Å²) in [6, 6.07) is -1.07. The molecule has 20 heavy (non-hydrogen) atoms. The van der Waals surface area contributed by atoms with E-state index in [-0.39, 0.29) is 11.9 Å². The molecule has 0 aromatic rings. The number of ether oxygens (including phenoxy) is 1. The van der Waals surface area contributed by atoms with E-state index in [0.717, 1.165) is 12.7 Å². The second-order valence-electron chi connectivity index (χ2n) is 5.87. The highest BCUT2D eigenvalue weighted by atomic mass is 16.6. The monoisotopic (exact) mass is 285 g/mol. The van der Waals surface area contributed by atoms with Crippen LogP contribution in [0.5, 0.6) is 0 Å². The average Bonchev–Trinajstić information content (AvgIpc) is 2.35. The molecule has 2 amide bonds. The summed E-state index contributed by atoms with van der Waals surface area (Å²) in [6.07, 6.45) is 1.61. The first-order valence-corrected chi connectivity index (χ1v) is 6.75. The van der Waals surface area contributed by atoms with Crippen molar-refractivity contribution < 1.29 is 19.1 Å². The van der Waals surface area contributed by atoms with Gasteiger partial charge in [0.15, 0.2) is 0 Å². The fraction of sp³-hybridized carbons (Fsp3) is 0.769. The number of hydrogen-bond donors (Lipinski definition) is 2. The molecular weight excluding hydrogens is 262 g/mol. The number of rotatable bonds is 3. The number of nitrogens with one attached hydrogen (secondary N) is 2. The molecule has 0 aromatic heterocycles. The molecule has 0 saturated carbocycles. The summed E-state index contributed by atoms with van der Waals surface area (Å²) in [5.74, 6) is -0.289. The van der Waals surface area contributed by atoms with Gasteiger partial charge in [-0.25, -0.2) is 10.2 Å². The molecule has 0 aliphatic carbocycles. The van der Waals surface area contributed by atoms with Crippen molar-refractivity contribution in [1.82, 2.24) is 15.8 Å². The lowest BCUT2D eigenvalue weighted by Crippen LogP contribution is -2.58. The maximum atomic E-state index is 12.1. The third-order valence-electron chi connectivity index (χ3n) is 2.75. The third-order valence-corrected chi connectivity index (χ3v) is 2.75. The Morgan fingerprint density at radius 1 is 1.45 bits per heavy atom. The Balaban J connectivity index is 2.50. The van der Waals surface area contributed by atoms with Crippen molar-refractivity contribution in [2.75, 3.05) is 6.54 Å². The molecule has 1 rings (SSSR count). The third kappa shape index (κ3) is 5.16. The average molecular weight is 285 g/mol. The lowest BCUT2D eigenvalue weighted by Gasteiger charge is -2.33. The van der Waals surface area contributed by atoms with Gasteiger partial charge in [-0.2, -0.15) is 0 Å².